The maximum Gasteiger partial charge on any atom is 0.261 e. The summed E-state index contributed by atoms with van der Waals surface area (Å²) in [6, 6.07) is 15.9. The van der Waals surface area contributed by atoms with E-state index in [0.717, 1.165) is 31.8 Å². The third kappa shape index (κ3) is 2.96. The highest BCUT2D eigenvalue weighted by Crippen LogP contribution is 2.26. The first-order valence-electron chi connectivity index (χ1n) is 7.54. The first-order valence-corrected chi connectivity index (χ1v) is 9.30. The van der Waals surface area contributed by atoms with Crippen LogP contribution in [-0.4, -0.2) is 10.9 Å². The van der Waals surface area contributed by atoms with Crippen molar-refractivity contribution in [3.63, 3.8) is 0 Å². The van der Waals surface area contributed by atoms with Crippen molar-refractivity contribution in [3.05, 3.63) is 75.9 Å². The lowest BCUT2D eigenvalue weighted by Gasteiger charge is -2.08. The van der Waals surface area contributed by atoms with Crippen LogP contribution in [0, 0.1) is 0 Å². The normalized spacial score (nSPS) is 10.8. The molecule has 24 heavy (non-hydrogen) atoms. The van der Waals surface area contributed by atoms with E-state index in [-0.39, 0.29) is 5.91 Å². The third-order valence-electron chi connectivity index (χ3n) is 3.77. The fourth-order valence-electron chi connectivity index (χ4n) is 2.60. The van der Waals surface area contributed by atoms with Crippen LogP contribution >= 0.6 is 22.7 Å². The second kappa shape index (κ2) is 6.55. The molecule has 5 heteroatoms. The summed E-state index contributed by atoms with van der Waals surface area (Å²) in [4.78, 5) is 17.7. The van der Waals surface area contributed by atoms with Gasteiger partial charge in [0.25, 0.3) is 5.91 Å². The van der Waals surface area contributed by atoms with E-state index < -0.39 is 0 Å². The molecule has 4 aromatic rings. The fourth-order valence-corrected chi connectivity index (χ4v) is 4.22. The molecule has 1 aromatic carbocycles. The van der Waals surface area contributed by atoms with Crippen molar-refractivity contribution in [1.29, 1.82) is 0 Å². The Balaban J connectivity index is 1.54. The highest BCUT2D eigenvalue weighted by atomic mass is 32.1. The number of benzene rings is 1. The summed E-state index contributed by atoms with van der Waals surface area (Å²) in [6.07, 6.45) is 1.78. The second-order valence-corrected chi connectivity index (χ2v) is 7.22. The Bertz CT molecular complexity index is 956. The molecule has 3 heterocycles. The molecule has 0 atom stereocenters. The van der Waals surface area contributed by atoms with Gasteiger partial charge in [0.1, 0.15) is 0 Å². The van der Waals surface area contributed by atoms with Gasteiger partial charge in [-0.05, 0) is 40.6 Å². The van der Waals surface area contributed by atoms with Gasteiger partial charge in [-0.1, -0.05) is 24.3 Å². The van der Waals surface area contributed by atoms with Crippen molar-refractivity contribution in [1.82, 2.24) is 10.3 Å². The molecule has 0 spiro atoms. The van der Waals surface area contributed by atoms with Crippen LogP contribution in [0.25, 0.3) is 21.3 Å². The number of rotatable bonds is 4. The van der Waals surface area contributed by atoms with E-state index in [4.69, 9.17) is 0 Å². The Kier molecular flexibility index (Phi) is 4.11. The van der Waals surface area contributed by atoms with Crippen LogP contribution in [-0.2, 0) is 6.54 Å². The summed E-state index contributed by atoms with van der Waals surface area (Å²) >= 11 is 3.16. The zero-order valence-corrected chi connectivity index (χ0v) is 14.4. The van der Waals surface area contributed by atoms with Gasteiger partial charge in [-0.15, -0.1) is 11.3 Å². The van der Waals surface area contributed by atoms with Gasteiger partial charge in [0.2, 0.25) is 0 Å². The van der Waals surface area contributed by atoms with Crippen LogP contribution in [0.15, 0.2) is 65.5 Å². The molecule has 1 N–H and O–H groups in total. The molecule has 3 nitrogen and oxygen atoms in total. The van der Waals surface area contributed by atoms with E-state index in [9.17, 15) is 4.79 Å². The topological polar surface area (TPSA) is 42.0 Å². The summed E-state index contributed by atoms with van der Waals surface area (Å²) in [5.74, 6) is -0.0451. The van der Waals surface area contributed by atoms with Gasteiger partial charge in [-0.3, -0.25) is 9.78 Å². The van der Waals surface area contributed by atoms with Crippen molar-refractivity contribution in [2.45, 2.75) is 6.54 Å². The molecular formula is C19H14N2OS2. The highest BCUT2D eigenvalue weighted by Gasteiger charge is 2.12. The van der Waals surface area contributed by atoms with Gasteiger partial charge >= 0.3 is 0 Å². The van der Waals surface area contributed by atoms with Crippen LogP contribution in [0.3, 0.4) is 0 Å². The zero-order chi connectivity index (χ0) is 16.4. The van der Waals surface area contributed by atoms with Gasteiger partial charge in [0, 0.05) is 28.4 Å². The summed E-state index contributed by atoms with van der Waals surface area (Å²) in [6.45, 7) is 0.464. The molecular weight excluding hydrogens is 336 g/mol. The Morgan fingerprint density at radius 3 is 2.88 bits per heavy atom. The van der Waals surface area contributed by atoms with E-state index in [1.807, 2.05) is 53.9 Å². The first-order chi connectivity index (χ1) is 11.8. The number of nitrogens with zero attached hydrogens (tertiary/aromatic N) is 1. The van der Waals surface area contributed by atoms with Crippen LogP contribution < -0.4 is 5.32 Å². The van der Waals surface area contributed by atoms with Gasteiger partial charge < -0.3 is 5.32 Å². The first kappa shape index (κ1) is 15.1. The minimum Gasteiger partial charge on any atom is -0.347 e. The number of carbonyl (C=O) groups is 1. The molecule has 0 saturated heterocycles. The largest absolute Gasteiger partial charge is 0.347 e. The average Bonchev–Trinajstić information content (AvgIpc) is 3.29. The molecule has 0 bridgehead atoms. The summed E-state index contributed by atoms with van der Waals surface area (Å²) in [7, 11) is 0. The Labute approximate surface area is 147 Å². The zero-order valence-electron chi connectivity index (χ0n) is 12.7. The third-order valence-corrected chi connectivity index (χ3v) is 5.57. The Morgan fingerprint density at radius 1 is 1.12 bits per heavy atom. The van der Waals surface area contributed by atoms with Gasteiger partial charge in [0.05, 0.1) is 10.6 Å². The molecule has 3 aromatic heterocycles. The number of fused-ring (bicyclic) bond motifs is 1. The van der Waals surface area contributed by atoms with Crippen molar-refractivity contribution >= 4 is 38.7 Å². The van der Waals surface area contributed by atoms with Gasteiger partial charge in [0.15, 0.2) is 0 Å². The monoisotopic (exact) mass is 350 g/mol. The lowest BCUT2D eigenvalue weighted by atomic mass is 10.1. The van der Waals surface area contributed by atoms with Crippen LogP contribution in [0.1, 0.15) is 15.2 Å². The molecule has 0 saturated carbocycles. The Morgan fingerprint density at radius 2 is 2.04 bits per heavy atom. The van der Waals surface area contributed by atoms with Crippen LogP contribution in [0.4, 0.5) is 0 Å². The predicted molar refractivity (Wildman–Crippen MR) is 101 cm³/mol. The number of hydrogen-bond acceptors (Lipinski definition) is 4. The second-order valence-electron chi connectivity index (χ2n) is 5.35. The molecule has 0 unspecified atom stereocenters. The lowest BCUT2D eigenvalue weighted by molar-refractivity contribution is 0.0955. The number of pyridine rings is 1. The van der Waals surface area contributed by atoms with Crippen molar-refractivity contribution in [2.75, 3.05) is 0 Å². The number of carbonyl (C=O) groups excluding carboxylic acids is 1. The molecule has 0 aliphatic rings. The number of amides is 1. The SMILES string of the molecule is O=C(NCc1cccnc1-c1ccsc1)c1cc2ccccc2s1. The van der Waals surface area contributed by atoms with Crippen molar-refractivity contribution < 1.29 is 4.79 Å². The fraction of sp³-hybridized carbons (Fsp3) is 0.0526. The summed E-state index contributed by atoms with van der Waals surface area (Å²) in [5, 5.41) is 8.22. The van der Waals surface area contributed by atoms with Crippen molar-refractivity contribution in [2.24, 2.45) is 0 Å². The van der Waals surface area contributed by atoms with E-state index in [0.29, 0.717) is 6.54 Å². The molecule has 0 aliphatic heterocycles. The minimum atomic E-state index is -0.0451. The Hall–Kier alpha value is -2.50. The van der Waals surface area contributed by atoms with Crippen molar-refractivity contribution in [3.8, 4) is 11.3 Å². The molecule has 118 valence electrons. The number of aromatic nitrogens is 1. The van der Waals surface area contributed by atoms with E-state index in [1.165, 1.54) is 11.3 Å². The molecule has 4 rings (SSSR count). The summed E-state index contributed by atoms with van der Waals surface area (Å²) < 4.78 is 1.13. The smallest absolute Gasteiger partial charge is 0.261 e. The average molecular weight is 350 g/mol. The molecule has 0 radical (unpaired) electrons. The number of thiophene rings is 2. The molecule has 1 amide bonds. The highest BCUT2D eigenvalue weighted by molar-refractivity contribution is 7.20. The maximum atomic E-state index is 12.5. The van der Waals surface area contributed by atoms with Crippen LogP contribution in [0.5, 0.6) is 0 Å². The summed E-state index contributed by atoms with van der Waals surface area (Å²) in [5.41, 5.74) is 3.03. The number of nitrogens with one attached hydrogen (secondary N) is 1. The number of hydrogen-bond donors (Lipinski definition) is 1. The van der Waals surface area contributed by atoms with E-state index in [2.05, 4.69) is 15.7 Å². The molecule has 0 aliphatic carbocycles. The standard InChI is InChI=1S/C19H14N2OS2/c22-19(17-10-13-4-1-2-6-16(13)24-17)21-11-14-5-3-8-20-18(14)15-7-9-23-12-15/h1-10,12H,11H2,(H,21,22). The van der Waals surface area contributed by atoms with E-state index in [1.54, 1.807) is 17.5 Å². The minimum absolute atomic E-state index is 0.0451. The predicted octanol–water partition coefficient (Wildman–Crippen LogP) is 4.95. The van der Waals surface area contributed by atoms with Crippen LogP contribution in [0.2, 0.25) is 0 Å². The van der Waals surface area contributed by atoms with E-state index >= 15 is 0 Å². The molecule has 0 fully saturated rings. The van der Waals surface area contributed by atoms with Gasteiger partial charge in [-0.2, -0.15) is 11.3 Å². The maximum absolute atomic E-state index is 12.5. The van der Waals surface area contributed by atoms with Gasteiger partial charge in [-0.25, -0.2) is 0 Å². The quantitative estimate of drug-likeness (QED) is 0.565. The lowest BCUT2D eigenvalue weighted by Crippen LogP contribution is -2.22.